The molecule has 2 aromatic heterocycles. The molecule has 6 rings (SSSR count). The lowest BCUT2D eigenvalue weighted by molar-refractivity contribution is -0.132. The summed E-state index contributed by atoms with van der Waals surface area (Å²) in [6.07, 6.45) is 0. The van der Waals surface area contributed by atoms with Crippen LogP contribution in [-0.4, -0.2) is 28.9 Å². The van der Waals surface area contributed by atoms with Gasteiger partial charge in [-0.15, -0.1) is 11.3 Å². The number of carbonyl (C=O) groups excluding carboxylic acids is 2. The number of nitrogens with zero attached hydrogens (tertiary/aromatic N) is 2. The van der Waals surface area contributed by atoms with E-state index in [0.29, 0.717) is 28.6 Å². The van der Waals surface area contributed by atoms with Gasteiger partial charge in [-0.25, -0.2) is 4.98 Å². The molecule has 1 saturated heterocycles. The number of aliphatic hydroxyl groups is 1. The number of fused-ring (bicyclic) bond motifs is 1. The lowest BCUT2D eigenvalue weighted by Crippen LogP contribution is -2.28. The fourth-order valence-corrected chi connectivity index (χ4v) is 6.79. The van der Waals surface area contributed by atoms with Gasteiger partial charge in [-0.3, -0.25) is 14.5 Å². The van der Waals surface area contributed by atoms with Crippen LogP contribution in [-0.2, 0) is 16.2 Å². The summed E-state index contributed by atoms with van der Waals surface area (Å²) in [5.41, 5.74) is 3.92. The molecule has 3 heterocycles. The standard InChI is InChI=1S/C32H26N2O5S2/c1-18-14-21(11-12-23(18)39-17-20-8-5-4-6-9-20)29(35)27-28(25-10-7-13-40-25)34(31(37)30(27)36)32-33-22-15-19(2)24(38-3)16-26(22)41-32/h4-16,28,35H,17H2,1-3H3/b29-27+. The van der Waals surface area contributed by atoms with Crippen LogP contribution in [0.2, 0.25) is 0 Å². The van der Waals surface area contributed by atoms with Gasteiger partial charge in [0.05, 0.1) is 22.9 Å². The van der Waals surface area contributed by atoms with E-state index in [-0.39, 0.29) is 11.3 Å². The number of ether oxygens (including phenoxy) is 2. The molecule has 1 fully saturated rings. The van der Waals surface area contributed by atoms with Crippen LogP contribution < -0.4 is 14.4 Å². The second-order valence-corrected chi connectivity index (χ2v) is 11.7. The molecule has 41 heavy (non-hydrogen) atoms. The third kappa shape index (κ3) is 4.87. The number of hydrogen-bond acceptors (Lipinski definition) is 8. The van der Waals surface area contributed by atoms with Crippen molar-refractivity contribution in [2.45, 2.75) is 26.5 Å². The number of Topliss-reactive ketones (excluding diaryl/α,β-unsaturated/α-hetero) is 1. The van der Waals surface area contributed by atoms with Crippen LogP contribution in [0.25, 0.3) is 16.0 Å². The van der Waals surface area contributed by atoms with Crippen molar-refractivity contribution in [3.05, 3.63) is 111 Å². The Kier molecular flexibility index (Phi) is 7.07. The number of carbonyl (C=O) groups is 2. The number of thiazole rings is 1. The monoisotopic (exact) mass is 582 g/mol. The molecule has 9 heteroatoms. The van der Waals surface area contributed by atoms with Gasteiger partial charge < -0.3 is 14.6 Å². The Hall–Kier alpha value is -4.47. The average molecular weight is 583 g/mol. The molecule has 7 nitrogen and oxygen atoms in total. The van der Waals surface area contributed by atoms with Crippen molar-refractivity contribution >= 4 is 55.5 Å². The highest BCUT2D eigenvalue weighted by molar-refractivity contribution is 7.22. The number of aliphatic hydroxyl groups excluding tert-OH is 1. The summed E-state index contributed by atoms with van der Waals surface area (Å²) in [6.45, 7) is 4.21. The number of aryl methyl sites for hydroxylation is 2. The molecule has 3 aromatic carbocycles. The zero-order valence-corrected chi connectivity index (χ0v) is 24.2. The highest BCUT2D eigenvalue weighted by atomic mass is 32.1. The predicted molar refractivity (Wildman–Crippen MR) is 162 cm³/mol. The second kappa shape index (κ2) is 10.8. The first kappa shape index (κ1) is 26.7. The maximum absolute atomic E-state index is 13.5. The van der Waals surface area contributed by atoms with Gasteiger partial charge in [0, 0.05) is 10.4 Å². The van der Waals surface area contributed by atoms with Crippen molar-refractivity contribution in [1.29, 1.82) is 0 Å². The molecule has 1 atom stereocenters. The summed E-state index contributed by atoms with van der Waals surface area (Å²) in [5.74, 6) is -0.333. The minimum atomic E-state index is -0.812. The van der Waals surface area contributed by atoms with Crippen molar-refractivity contribution < 1.29 is 24.2 Å². The number of benzene rings is 3. The minimum Gasteiger partial charge on any atom is -0.507 e. The van der Waals surface area contributed by atoms with E-state index < -0.39 is 17.7 Å². The van der Waals surface area contributed by atoms with Crippen molar-refractivity contribution in [2.75, 3.05) is 12.0 Å². The summed E-state index contributed by atoms with van der Waals surface area (Å²) in [6, 6.07) is 21.8. The van der Waals surface area contributed by atoms with Gasteiger partial charge in [0.25, 0.3) is 5.78 Å². The van der Waals surface area contributed by atoms with Crippen molar-refractivity contribution in [2.24, 2.45) is 0 Å². The van der Waals surface area contributed by atoms with Crippen molar-refractivity contribution in [3.8, 4) is 11.5 Å². The number of methoxy groups -OCH3 is 1. The third-order valence-electron chi connectivity index (χ3n) is 7.04. The van der Waals surface area contributed by atoms with Gasteiger partial charge >= 0.3 is 5.91 Å². The summed E-state index contributed by atoms with van der Waals surface area (Å²) in [5, 5.41) is 13.8. The summed E-state index contributed by atoms with van der Waals surface area (Å²) in [4.78, 5) is 33.9. The number of thiophene rings is 1. The number of ketones is 1. The lowest BCUT2D eigenvalue weighted by Gasteiger charge is -2.21. The molecule has 206 valence electrons. The average Bonchev–Trinajstić information content (AvgIpc) is 3.70. The molecule has 1 aliphatic heterocycles. The van der Waals surface area contributed by atoms with Crippen LogP contribution in [0.3, 0.4) is 0 Å². The van der Waals surface area contributed by atoms with Crippen LogP contribution in [0.1, 0.15) is 33.2 Å². The Morgan fingerprint density at radius 3 is 2.46 bits per heavy atom. The molecular weight excluding hydrogens is 556 g/mol. The van der Waals surface area contributed by atoms with Gasteiger partial charge in [-0.05, 0) is 72.3 Å². The quantitative estimate of drug-likeness (QED) is 0.124. The number of rotatable bonds is 7. The van der Waals surface area contributed by atoms with Gasteiger partial charge in [-0.2, -0.15) is 0 Å². The van der Waals surface area contributed by atoms with Crippen molar-refractivity contribution in [3.63, 3.8) is 0 Å². The van der Waals surface area contributed by atoms with Crippen LogP contribution in [0.15, 0.2) is 83.7 Å². The smallest absolute Gasteiger partial charge is 0.301 e. The van der Waals surface area contributed by atoms with E-state index in [4.69, 9.17) is 14.5 Å². The first-order chi connectivity index (χ1) is 19.9. The third-order valence-corrected chi connectivity index (χ3v) is 8.98. The van der Waals surface area contributed by atoms with Gasteiger partial charge in [-0.1, -0.05) is 47.7 Å². The molecular formula is C32H26N2O5S2. The largest absolute Gasteiger partial charge is 0.507 e. The topological polar surface area (TPSA) is 89.0 Å². The summed E-state index contributed by atoms with van der Waals surface area (Å²) >= 11 is 2.71. The number of amides is 1. The number of hydrogen-bond donors (Lipinski definition) is 1. The number of aromatic nitrogens is 1. The van der Waals surface area contributed by atoms with Gasteiger partial charge in [0.2, 0.25) is 0 Å². The molecule has 0 saturated carbocycles. The maximum Gasteiger partial charge on any atom is 0.301 e. The van der Waals surface area contributed by atoms with Crippen LogP contribution in [0.4, 0.5) is 5.13 Å². The van der Waals surface area contributed by atoms with Crippen LogP contribution in [0.5, 0.6) is 11.5 Å². The Morgan fingerprint density at radius 1 is 0.976 bits per heavy atom. The molecule has 0 spiro atoms. The molecule has 1 amide bonds. The van der Waals surface area contributed by atoms with E-state index in [2.05, 4.69) is 0 Å². The molecule has 1 unspecified atom stereocenters. The van der Waals surface area contributed by atoms with Crippen LogP contribution in [0, 0.1) is 13.8 Å². The molecule has 1 N–H and O–H groups in total. The predicted octanol–water partition coefficient (Wildman–Crippen LogP) is 7.19. The zero-order valence-electron chi connectivity index (χ0n) is 22.6. The fraction of sp³-hybridized carbons (Fsp3) is 0.156. The first-order valence-corrected chi connectivity index (χ1v) is 14.6. The van der Waals surface area contributed by atoms with E-state index in [0.717, 1.165) is 32.0 Å². The Labute approximate surface area is 244 Å². The van der Waals surface area contributed by atoms with E-state index in [1.54, 1.807) is 25.3 Å². The molecule has 1 aliphatic rings. The first-order valence-electron chi connectivity index (χ1n) is 12.9. The normalized spacial score (nSPS) is 16.5. The Balaban J connectivity index is 1.39. The SMILES string of the molecule is COc1cc2sc(N3C(=O)C(=O)/C(=C(/O)c4ccc(OCc5ccccc5)c(C)c4)C3c3cccs3)nc2cc1C. The van der Waals surface area contributed by atoms with E-state index in [1.807, 2.05) is 73.8 Å². The van der Waals surface area contributed by atoms with Crippen LogP contribution >= 0.6 is 22.7 Å². The molecule has 5 aromatic rings. The lowest BCUT2D eigenvalue weighted by atomic mass is 9.99. The summed E-state index contributed by atoms with van der Waals surface area (Å²) in [7, 11) is 1.61. The molecule has 0 bridgehead atoms. The number of anilines is 1. The fourth-order valence-electron chi connectivity index (χ4n) is 4.97. The second-order valence-electron chi connectivity index (χ2n) is 9.73. The van der Waals surface area contributed by atoms with E-state index >= 15 is 0 Å². The minimum absolute atomic E-state index is 0.0304. The summed E-state index contributed by atoms with van der Waals surface area (Å²) < 4.78 is 12.3. The molecule has 0 radical (unpaired) electrons. The highest BCUT2D eigenvalue weighted by Gasteiger charge is 2.48. The van der Waals surface area contributed by atoms with Gasteiger partial charge in [0.1, 0.15) is 29.9 Å². The van der Waals surface area contributed by atoms with E-state index in [9.17, 15) is 14.7 Å². The Morgan fingerprint density at radius 2 is 1.76 bits per heavy atom. The zero-order chi connectivity index (χ0) is 28.7. The van der Waals surface area contributed by atoms with Gasteiger partial charge in [0.15, 0.2) is 5.13 Å². The maximum atomic E-state index is 13.5. The Bertz CT molecular complexity index is 1810. The van der Waals surface area contributed by atoms with Crippen molar-refractivity contribution in [1.82, 2.24) is 4.98 Å². The van der Waals surface area contributed by atoms with E-state index in [1.165, 1.54) is 27.6 Å². The highest BCUT2D eigenvalue weighted by Crippen LogP contribution is 2.46. The molecule has 0 aliphatic carbocycles.